The van der Waals surface area contributed by atoms with E-state index >= 15 is 0 Å². The van der Waals surface area contributed by atoms with Crippen LogP contribution in [-0.4, -0.2) is 37.2 Å². The quantitative estimate of drug-likeness (QED) is 0.917. The molecule has 122 valence electrons. The summed E-state index contributed by atoms with van der Waals surface area (Å²) >= 11 is 3.16. The number of carbonyl (C=O) groups is 1. The van der Waals surface area contributed by atoms with Crippen molar-refractivity contribution in [2.75, 3.05) is 20.2 Å². The maximum absolute atomic E-state index is 12.5. The summed E-state index contributed by atoms with van der Waals surface area (Å²) in [5.74, 6) is 0.852. The molecule has 5 rings (SSSR count). The van der Waals surface area contributed by atoms with E-state index in [1.54, 1.807) is 29.8 Å². The molecule has 1 N–H and O–H groups in total. The number of hydrogen-bond donors (Lipinski definition) is 1. The number of hydrogen-bond acceptors (Lipinski definition) is 5. The molecule has 3 aliphatic rings. The molecular formula is C17H20N2O2S2. The molecule has 2 aromatic heterocycles. The van der Waals surface area contributed by atoms with E-state index in [1.165, 1.54) is 12.8 Å². The largest absolute Gasteiger partial charge is 0.487 e. The molecule has 23 heavy (non-hydrogen) atoms. The molecule has 1 unspecified atom stereocenters. The second kappa shape index (κ2) is 6.26. The molecular weight excluding hydrogens is 328 g/mol. The monoisotopic (exact) mass is 348 g/mol. The maximum Gasteiger partial charge on any atom is 0.262 e. The molecule has 0 aromatic carbocycles. The minimum atomic E-state index is 0.0577. The fourth-order valence-electron chi connectivity index (χ4n) is 3.49. The van der Waals surface area contributed by atoms with E-state index in [9.17, 15) is 4.79 Å². The van der Waals surface area contributed by atoms with Crippen LogP contribution in [0.15, 0.2) is 24.3 Å². The molecule has 5 heterocycles. The Balaban J connectivity index is 1.45. The normalized spacial score (nSPS) is 26.2. The predicted octanol–water partition coefficient (Wildman–Crippen LogP) is 3.66. The number of ether oxygens (including phenoxy) is 1. The first-order valence-electron chi connectivity index (χ1n) is 8.02. The molecule has 0 saturated carbocycles. The predicted molar refractivity (Wildman–Crippen MR) is 94.4 cm³/mol. The van der Waals surface area contributed by atoms with E-state index in [4.69, 9.17) is 4.74 Å². The number of piperidine rings is 3. The summed E-state index contributed by atoms with van der Waals surface area (Å²) in [6.45, 7) is 2.25. The Hall–Kier alpha value is -1.37. The average Bonchev–Trinajstić information content (AvgIpc) is 3.25. The van der Waals surface area contributed by atoms with Gasteiger partial charge in [-0.1, -0.05) is 11.3 Å². The summed E-state index contributed by atoms with van der Waals surface area (Å²) in [5, 5.41) is 4.12. The first-order valence-corrected chi connectivity index (χ1v) is 9.65. The summed E-state index contributed by atoms with van der Waals surface area (Å²) in [6.07, 6.45) is 3.90. The topological polar surface area (TPSA) is 41.6 Å². The summed E-state index contributed by atoms with van der Waals surface area (Å²) in [6, 6.07) is 7.96. The van der Waals surface area contributed by atoms with Crippen LogP contribution in [0.25, 0.3) is 9.75 Å². The van der Waals surface area contributed by atoms with Crippen LogP contribution in [0.3, 0.4) is 0 Å². The van der Waals surface area contributed by atoms with Gasteiger partial charge in [0.2, 0.25) is 0 Å². The highest BCUT2D eigenvalue weighted by Crippen LogP contribution is 2.37. The SMILES string of the molecule is COc1ccc(-c2ccc(C(=O)NC3CC4CCN3CC4)s2)s1. The number of nitrogens with one attached hydrogen (secondary N) is 1. The minimum Gasteiger partial charge on any atom is -0.487 e. The lowest BCUT2D eigenvalue weighted by Crippen LogP contribution is -2.56. The minimum absolute atomic E-state index is 0.0577. The first-order chi connectivity index (χ1) is 11.2. The van der Waals surface area contributed by atoms with Crippen LogP contribution in [0.2, 0.25) is 0 Å². The lowest BCUT2D eigenvalue weighted by atomic mass is 9.86. The number of thiophene rings is 2. The third-order valence-electron chi connectivity index (χ3n) is 4.80. The van der Waals surface area contributed by atoms with Gasteiger partial charge < -0.3 is 10.1 Å². The molecule has 1 atom stereocenters. The molecule has 0 aliphatic carbocycles. The van der Waals surface area contributed by atoms with Crippen molar-refractivity contribution in [3.8, 4) is 14.8 Å². The van der Waals surface area contributed by atoms with E-state index in [0.29, 0.717) is 0 Å². The fourth-order valence-corrected chi connectivity index (χ4v) is 5.31. The lowest BCUT2D eigenvalue weighted by molar-refractivity contribution is 0.0296. The van der Waals surface area contributed by atoms with Crippen LogP contribution in [0.4, 0.5) is 0 Å². The third-order valence-corrected chi connectivity index (χ3v) is 7.13. The number of methoxy groups -OCH3 is 1. The summed E-state index contributed by atoms with van der Waals surface area (Å²) in [5.41, 5.74) is 0. The third kappa shape index (κ3) is 3.03. The van der Waals surface area contributed by atoms with Gasteiger partial charge in [0.1, 0.15) is 0 Å². The molecule has 3 fully saturated rings. The molecule has 0 radical (unpaired) electrons. The average molecular weight is 348 g/mol. The number of amides is 1. The van der Waals surface area contributed by atoms with E-state index in [0.717, 1.165) is 45.1 Å². The van der Waals surface area contributed by atoms with Gasteiger partial charge in [-0.2, -0.15) is 0 Å². The van der Waals surface area contributed by atoms with E-state index in [2.05, 4.69) is 10.2 Å². The molecule has 4 nitrogen and oxygen atoms in total. The van der Waals surface area contributed by atoms with Crippen molar-refractivity contribution in [3.05, 3.63) is 29.1 Å². The molecule has 1 amide bonds. The van der Waals surface area contributed by atoms with E-state index < -0.39 is 0 Å². The highest BCUT2D eigenvalue weighted by Gasteiger charge is 2.34. The van der Waals surface area contributed by atoms with Gasteiger partial charge in [0.15, 0.2) is 5.06 Å². The van der Waals surface area contributed by atoms with Crippen LogP contribution >= 0.6 is 22.7 Å². The van der Waals surface area contributed by atoms with Gasteiger partial charge in [-0.25, -0.2) is 0 Å². The van der Waals surface area contributed by atoms with Gasteiger partial charge in [-0.05, 0) is 49.4 Å². The Labute approximate surface area is 144 Å². The van der Waals surface area contributed by atoms with Crippen molar-refractivity contribution in [1.29, 1.82) is 0 Å². The van der Waals surface area contributed by atoms with Crippen LogP contribution in [0.5, 0.6) is 5.06 Å². The fraction of sp³-hybridized carbons (Fsp3) is 0.471. The van der Waals surface area contributed by atoms with E-state index in [1.807, 2.05) is 24.3 Å². The van der Waals surface area contributed by atoms with Gasteiger partial charge in [-0.15, -0.1) is 11.3 Å². The maximum atomic E-state index is 12.5. The van der Waals surface area contributed by atoms with Crippen LogP contribution in [0, 0.1) is 5.92 Å². The Kier molecular flexibility index (Phi) is 4.13. The van der Waals surface area contributed by atoms with Crippen LogP contribution in [-0.2, 0) is 0 Å². The van der Waals surface area contributed by atoms with Crippen molar-refractivity contribution >= 4 is 28.6 Å². The van der Waals surface area contributed by atoms with Gasteiger partial charge in [0, 0.05) is 22.8 Å². The number of carbonyl (C=O) groups excluding carboxylic acids is 1. The second-order valence-electron chi connectivity index (χ2n) is 6.19. The number of rotatable bonds is 4. The Morgan fingerprint density at radius 3 is 2.57 bits per heavy atom. The van der Waals surface area contributed by atoms with Crippen LogP contribution < -0.4 is 10.1 Å². The molecule has 2 bridgehead atoms. The highest BCUT2D eigenvalue weighted by molar-refractivity contribution is 7.23. The van der Waals surface area contributed by atoms with Gasteiger partial charge >= 0.3 is 0 Å². The van der Waals surface area contributed by atoms with Crippen LogP contribution in [0.1, 0.15) is 28.9 Å². The zero-order valence-corrected chi connectivity index (χ0v) is 14.7. The van der Waals surface area contributed by atoms with Gasteiger partial charge in [0.25, 0.3) is 5.91 Å². The van der Waals surface area contributed by atoms with E-state index in [-0.39, 0.29) is 12.1 Å². The zero-order chi connectivity index (χ0) is 15.8. The van der Waals surface area contributed by atoms with Gasteiger partial charge in [-0.3, -0.25) is 9.69 Å². The summed E-state index contributed by atoms with van der Waals surface area (Å²) < 4.78 is 5.24. The summed E-state index contributed by atoms with van der Waals surface area (Å²) in [7, 11) is 1.68. The lowest BCUT2D eigenvalue weighted by Gasteiger charge is -2.45. The molecule has 2 aromatic rings. The van der Waals surface area contributed by atoms with Crippen molar-refractivity contribution in [2.24, 2.45) is 5.92 Å². The highest BCUT2D eigenvalue weighted by atomic mass is 32.1. The van der Waals surface area contributed by atoms with Crippen molar-refractivity contribution < 1.29 is 9.53 Å². The molecule has 3 aliphatic heterocycles. The van der Waals surface area contributed by atoms with Crippen molar-refractivity contribution in [3.63, 3.8) is 0 Å². The van der Waals surface area contributed by atoms with Crippen molar-refractivity contribution in [2.45, 2.75) is 25.4 Å². The molecule has 3 saturated heterocycles. The Morgan fingerprint density at radius 1 is 1.17 bits per heavy atom. The first kappa shape index (κ1) is 15.2. The zero-order valence-electron chi connectivity index (χ0n) is 13.1. The van der Waals surface area contributed by atoms with Crippen molar-refractivity contribution in [1.82, 2.24) is 10.2 Å². The smallest absolute Gasteiger partial charge is 0.262 e. The Bertz CT molecular complexity index is 701. The molecule has 0 spiro atoms. The Morgan fingerprint density at radius 2 is 1.91 bits per heavy atom. The second-order valence-corrected chi connectivity index (χ2v) is 8.32. The number of nitrogens with zero attached hydrogens (tertiary/aromatic N) is 1. The number of fused-ring (bicyclic) bond motifs is 3. The molecule has 6 heteroatoms. The standard InChI is InChI=1S/C17H20N2O2S2/c1-21-16-5-4-13(23-16)12-2-3-14(22-12)17(20)18-15-10-11-6-8-19(15)9-7-11/h2-5,11,15H,6-10H2,1H3,(H,18,20). The van der Waals surface area contributed by atoms with Gasteiger partial charge in [0.05, 0.1) is 18.2 Å². The summed E-state index contributed by atoms with van der Waals surface area (Å²) in [4.78, 5) is 18.0.